The molecule has 0 spiro atoms. The van der Waals surface area contributed by atoms with Gasteiger partial charge in [0, 0.05) is 6.04 Å². The van der Waals surface area contributed by atoms with Gasteiger partial charge in [0.1, 0.15) is 0 Å². The second-order valence-corrected chi connectivity index (χ2v) is 10.2. The summed E-state index contributed by atoms with van der Waals surface area (Å²) in [4.78, 5) is 12.6. The molecule has 4 aromatic rings. The van der Waals surface area contributed by atoms with Gasteiger partial charge in [-0.05, 0) is 48.2 Å². The molecule has 0 aliphatic carbocycles. The maximum atomic E-state index is 13.0. The first kappa shape index (κ1) is 21.5. The summed E-state index contributed by atoms with van der Waals surface area (Å²) in [5.74, 6) is 0. The van der Waals surface area contributed by atoms with Crippen molar-refractivity contribution in [2.75, 3.05) is 0 Å². The quantitative estimate of drug-likeness (QED) is 0.441. The van der Waals surface area contributed by atoms with E-state index < -0.39 is 10.0 Å². The molecule has 0 saturated carbocycles. The fourth-order valence-corrected chi connectivity index (χ4v) is 5.80. The molecule has 0 saturated heterocycles. The van der Waals surface area contributed by atoms with Crippen LogP contribution < -0.4 is 9.60 Å². The number of nitrogens with zero attached hydrogens (tertiary/aromatic N) is 1. The molecule has 5 nitrogen and oxygen atoms in total. The van der Waals surface area contributed by atoms with Gasteiger partial charge in [0.2, 0.25) is 10.0 Å². The zero-order valence-corrected chi connectivity index (χ0v) is 19.0. The largest absolute Gasteiger partial charge is 0.308 e. The summed E-state index contributed by atoms with van der Waals surface area (Å²) in [5, 5.41) is 0. The van der Waals surface area contributed by atoms with E-state index in [1.807, 2.05) is 61.5 Å². The molecular formula is C24H24N2O3S2. The SMILES string of the molecule is CCc1ccc([C@@H](C)NS(=O)(=O)c2ccc3c(c2)sc(=O)n3Cc2ccccc2)cc1. The lowest BCUT2D eigenvalue weighted by Crippen LogP contribution is -2.26. The number of hydrogen-bond donors (Lipinski definition) is 1. The number of fused-ring (bicyclic) bond motifs is 1. The number of aromatic nitrogens is 1. The van der Waals surface area contributed by atoms with Crippen molar-refractivity contribution in [2.45, 2.75) is 37.8 Å². The van der Waals surface area contributed by atoms with E-state index in [4.69, 9.17) is 0 Å². The molecule has 0 radical (unpaired) electrons. The molecule has 1 N–H and O–H groups in total. The zero-order chi connectivity index (χ0) is 22.0. The fraction of sp³-hybridized carbons (Fsp3) is 0.208. The molecular weight excluding hydrogens is 428 g/mol. The highest BCUT2D eigenvalue weighted by atomic mass is 32.2. The van der Waals surface area contributed by atoms with Crippen LogP contribution in [0.3, 0.4) is 0 Å². The lowest BCUT2D eigenvalue weighted by atomic mass is 10.1. The summed E-state index contributed by atoms with van der Waals surface area (Å²) in [7, 11) is -3.73. The molecule has 0 aliphatic heterocycles. The Labute approximate surface area is 186 Å². The second kappa shape index (κ2) is 8.78. The van der Waals surface area contributed by atoms with E-state index in [1.54, 1.807) is 22.8 Å². The average molecular weight is 453 g/mol. The Hall–Kier alpha value is -2.74. The molecule has 1 atom stereocenters. The van der Waals surface area contributed by atoms with Crippen molar-refractivity contribution < 1.29 is 8.42 Å². The van der Waals surface area contributed by atoms with Crippen molar-refractivity contribution in [2.24, 2.45) is 0 Å². The minimum absolute atomic E-state index is 0.106. The van der Waals surface area contributed by atoms with Gasteiger partial charge < -0.3 is 0 Å². The molecule has 160 valence electrons. The lowest BCUT2D eigenvalue weighted by Gasteiger charge is -2.15. The third-order valence-corrected chi connectivity index (χ3v) is 7.83. The van der Waals surface area contributed by atoms with Crippen LogP contribution in [-0.4, -0.2) is 13.0 Å². The van der Waals surface area contributed by atoms with E-state index in [0.717, 1.165) is 34.4 Å². The zero-order valence-electron chi connectivity index (χ0n) is 17.4. The number of thiazole rings is 1. The smallest absolute Gasteiger partial charge is 0.294 e. The van der Waals surface area contributed by atoms with Crippen molar-refractivity contribution in [3.63, 3.8) is 0 Å². The van der Waals surface area contributed by atoms with Crippen molar-refractivity contribution in [1.82, 2.24) is 9.29 Å². The van der Waals surface area contributed by atoms with Gasteiger partial charge in [-0.15, -0.1) is 0 Å². The van der Waals surface area contributed by atoms with E-state index >= 15 is 0 Å². The average Bonchev–Trinajstić information content (AvgIpc) is 3.08. The summed E-state index contributed by atoms with van der Waals surface area (Å²) in [6.07, 6.45) is 0.938. The van der Waals surface area contributed by atoms with Crippen LogP contribution >= 0.6 is 11.3 Å². The molecule has 1 aromatic heterocycles. The summed E-state index contributed by atoms with van der Waals surface area (Å²) >= 11 is 1.06. The van der Waals surface area contributed by atoms with Gasteiger partial charge in [-0.3, -0.25) is 9.36 Å². The van der Waals surface area contributed by atoms with Crippen molar-refractivity contribution >= 4 is 31.6 Å². The third kappa shape index (κ3) is 4.63. The topological polar surface area (TPSA) is 68.2 Å². The maximum Gasteiger partial charge on any atom is 0.308 e. The first-order valence-corrected chi connectivity index (χ1v) is 12.5. The number of aryl methyl sites for hydroxylation is 1. The predicted molar refractivity (Wildman–Crippen MR) is 126 cm³/mol. The van der Waals surface area contributed by atoms with E-state index in [9.17, 15) is 13.2 Å². The van der Waals surface area contributed by atoms with Crippen LogP contribution in [0.25, 0.3) is 10.2 Å². The summed E-state index contributed by atoms with van der Waals surface area (Å²) in [6, 6.07) is 22.1. The highest BCUT2D eigenvalue weighted by molar-refractivity contribution is 7.89. The van der Waals surface area contributed by atoms with Gasteiger partial charge in [0.05, 0.1) is 21.7 Å². The standard InChI is InChI=1S/C24H24N2O3S2/c1-3-18-9-11-20(12-10-18)17(2)25-31(28,29)21-13-14-22-23(15-21)30-24(27)26(22)16-19-7-5-4-6-8-19/h4-15,17,25H,3,16H2,1-2H3/t17-/m1/s1. The molecule has 0 unspecified atom stereocenters. The molecule has 4 rings (SSSR count). The molecule has 1 heterocycles. The Balaban J connectivity index is 1.60. The molecule has 0 bridgehead atoms. The minimum atomic E-state index is -3.73. The molecule has 0 aliphatic rings. The normalized spacial score (nSPS) is 12.8. The van der Waals surface area contributed by atoms with Crippen LogP contribution in [0.15, 0.2) is 82.5 Å². The monoisotopic (exact) mass is 452 g/mol. The van der Waals surface area contributed by atoms with Gasteiger partial charge >= 0.3 is 4.87 Å². The number of rotatable bonds is 7. The number of benzene rings is 3. The van der Waals surface area contributed by atoms with Crippen molar-refractivity contribution in [3.05, 3.63) is 99.2 Å². The van der Waals surface area contributed by atoms with Crippen molar-refractivity contribution in [3.8, 4) is 0 Å². The Morgan fingerprint density at radius 2 is 1.68 bits per heavy atom. The lowest BCUT2D eigenvalue weighted by molar-refractivity contribution is 0.567. The van der Waals surface area contributed by atoms with Gasteiger partial charge in [0.15, 0.2) is 0 Å². The van der Waals surface area contributed by atoms with Gasteiger partial charge in [-0.2, -0.15) is 0 Å². The maximum absolute atomic E-state index is 13.0. The summed E-state index contributed by atoms with van der Waals surface area (Å²) in [6.45, 7) is 4.36. The van der Waals surface area contributed by atoms with Crippen LogP contribution in [0.1, 0.15) is 36.6 Å². The molecule has 0 fully saturated rings. The van der Waals surface area contributed by atoms with Gasteiger partial charge in [-0.25, -0.2) is 13.1 Å². The highest BCUT2D eigenvalue weighted by Crippen LogP contribution is 2.24. The Bertz CT molecular complexity index is 1360. The number of sulfonamides is 1. The Kier molecular flexibility index (Phi) is 6.09. The Morgan fingerprint density at radius 3 is 2.35 bits per heavy atom. The van der Waals surface area contributed by atoms with E-state index in [1.165, 1.54) is 5.56 Å². The predicted octanol–water partition coefficient (Wildman–Crippen LogP) is 4.71. The van der Waals surface area contributed by atoms with E-state index in [-0.39, 0.29) is 15.8 Å². The van der Waals surface area contributed by atoms with Crippen molar-refractivity contribution in [1.29, 1.82) is 0 Å². The first-order chi connectivity index (χ1) is 14.9. The molecule has 0 amide bonds. The third-order valence-electron chi connectivity index (χ3n) is 5.35. The van der Waals surface area contributed by atoms with Gasteiger partial charge in [-0.1, -0.05) is 72.9 Å². The number of hydrogen-bond acceptors (Lipinski definition) is 4. The molecule has 31 heavy (non-hydrogen) atoms. The van der Waals surface area contributed by atoms with E-state index in [2.05, 4.69) is 11.6 Å². The first-order valence-electron chi connectivity index (χ1n) is 10.2. The van der Waals surface area contributed by atoms with Crippen LogP contribution in [0.4, 0.5) is 0 Å². The van der Waals surface area contributed by atoms with Crippen LogP contribution in [0.5, 0.6) is 0 Å². The minimum Gasteiger partial charge on any atom is -0.294 e. The highest BCUT2D eigenvalue weighted by Gasteiger charge is 2.20. The second-order valence-electron chi connectivity index (χ2n) is 7.51. The Morgan fingerprint density at radius 1 is 0.968 bits per heavy atom. The summed E-state index contributed by atoms with van der Waals surface area (Å²) < 4.78 is 31.0. The molecule has 7 heteroatoms. The van der Waals surface area contributed by atoms with E-state index in [0.29, 0.717) is 11.2 Å². The van der Waals surface area contributed by atoms with Crippen LogP contribution in [0, 0.1) is 0 Å². The van der Waals surface area contributed by atoms with Gasteiger partial charge in [0.25, 0.3) is 0 Å². The summed E-state index contributed by atoms with van der Waals surface area (Å²) in [5.41, 5.74) is 3.87. The van der Waals surface area contributed by atoms with Crippen LogP contribution in [0.2, 0.25) is 0 Å². The van der Waals surface area contributed by atoms with Crippen LogP contribution in [-0.2, 0) is 23.0 Å². The fourth-order valence-electron chi connectivity index (χ4n) is 3.54. The molecule has 3 aromatic carbocycles. The number of nitrogens with one attached hydrogen (secondary N) is 1.